The number of halogens is 6. The molecular weight excluding hydrogens is 448 g/mol. The minimum absolute atomic E-state index is 0.0388. The largest absolute Gasteiger partial charge is 0.534 e. The third kappa shape index (κ3) is 5.92. The molecule has 0 saturated carbocycles. The number of rotatable bonds is 3. The van der Waals surface area contributed by atoms with Gasteiger partial charge >= 0.3 is 27.9 Å². The molecule has 0 saturated heterocycles. The Morgan fingerprint density at radius 1 is 1.07 bits per heavy atom. The van der Waals surface area contributed by atoms with E-state index in [1.807, 2.05) is 0 Å². The number of amides is 1. The van der Waals surface area contributed by atoms with Crippen molar-refractivity contribution in [3.05, 3.63) is 11.3 Å². The van der Waals surface area contributed by atoms with Crippen molar-refractivity contribution in [2.75, 3.05) is 13.1 Å². The molecule has 8 nitrogen and oxygen atoms in total. The molecule has 1 aliphatic rings. The number of alkyl halides is 6. The van der Waals surface area contributed by atoms with Crippen LogP contribution < -0.4 is 4.18 Å². The van der Waals surface area contributed by atoms with E-state index in [0.717, 1.165) is 0 Å². The summed E-state index contributed by atoms with van der Waals surface area (Å²) < 4.78 is 109. The Bertz CT molecular complexity index is 902. The van der Waals surface area contributed by atoms with Crippen LogP contribution in [0.4, 0.5) is 31.1 Å². The number of hydrogen-bond donors (Lipinski definition) is 0. The van der Waals surface area contributed by atoms with Crippen LogP contribution in [0.5, 0.6) is 5.88 Å². The van der Waals surface area contributed by atoms with Crippen LogP contribution in [0.25, 0.3) is 0 Å². The molecule has 0 aromatic carbocycles. The first-order valence-electron chi connectivity index (χ1n) is 8.53. The maximum absolute atomic E-state index is 12.8. The lowest BCUT2D eigenvalue weighted by Gasteiger charge is -2.26. The van der Waals surface area contributed by atoms with E-state index >= 15 is 0 Å². The third-order valence-corrected chi connectivity index (χ3v) is 4.73. The molecule has 0 atom stereocenters. The molecule has 30 heavy (non-hydrogen) atoms. The molecule has 2 rings (SSSR count). The molecule has 1 amide bonds. The molecule has 0 fully saturated rings. The zero-order valence-electron chi connectivity index (χ0n) is 16.1. The number of ether oxygens (including phenoxy) is 1. The number of carbonyl (C=O) groups is 1. The zero-order valence-corrected chi connectivity index (χ0v) is 16.9. The zero-order chi connectivity index (χ0) is 23.1. The SMILES string of the molecule is CC(C)(C)OC(=O)N1CCc2nn(CC(F)(F)F)c(OS(=O)(=O)C(F)(F)F)c2CC1. The monoisotopic (exact) mass is 467 g/mol. The van der Waals surface area contributed by atoms with Crippen LogP contribution in [0, 0.1) is 0 Å². The highest BCUT2D eigenvalue weighted by Gasteiger charge is 2.50. The first-order valence-corrected chi connectivity index (χ1v) is 9.94. The summed E-state index contributed by atoms with van der Waals surface area (Å²) >= 11 is 0. The first-order chi connectivity index (χ1) is 13.4. The van der Waals surface area contributed by atoms with Crippen LogP contribution in [0.2, 0.25) is 0 Å². The molecule has 172 valence electrons. The van der Waals surface area contributed by atoms with Gasteiger partial charge in [-0.3, -0.25) is 0 Å². The summed E-state index contributed by atoms with van der Waals surface area (Å²) in [6.07, 6.45) is -6.05. The van der Waals surface area contributed by atoms with Crippen LogP contribution in [-0.4, -0.2) is 59.6 Å². The van der Waals surface area contributed by atoms with Crippen LogP contribution in [0.1, 0.15) is 32.0 Å². The second-order valence-electron chi connectivity index (χ2n) is 7.45. The summed E-state index contributed by atoms with van der Waals surface area (Å²) in [4.78, 5) is 13.4. The Kier molecular flexibility index (Phi) is 6.27. The summed E-state index contributed by atoms with van der Waals surface area (Å²) in [5.41, 5.74) is -7.02. The van der Waals surface area contributed by atoms with Crippen LogP contribution in [0.15, 0.2) is 0 Å². The lowest BCUT2D eigenvalue weighted by atomic mass is 10.1. The van der Waals surface area contributed by atoms with Crippen molar-refractivity contribution in [3.8, 4) is 5.88 Å². The highest BCUT2D eigenvalue weighted by Crippen LogP contribution is 2.34. The van der Waals surface area contributed by atoms with Gasteiger partial charge < -0.3 is 13.8 Å². The van der Waals surface area contributed by atoms with Crippen LogP contribution >= 0.6 is 0 Å². The Labute approximate surface area is 167 Å². The van der Waals surface area contributed by atoms with E-state index in [-0.39, 0.29) is 41.9 Å². The van der Waals surface area contributed by atoms with Crippen LogP contribution in [-0.2, 0) is 34.2 Å². The normalized spacial score (nSPS) is 16.1. The molecule has 0 bridgehead atoms. The second-order valence-corrected chi connectivity index (χ2v) is 8.99. The molecule has 15 heteroatoms. The highest BCUT2D eigenvalue weighted by atomic mass is 32.2. The molecule has 0 N–H and O–H groups in total. The molecule has 0 aliphatic carbocycles. The molecule has 0 unspecified atom stereocenters. The van der Waals surface area contributed by atoms with Gasteiger partial charge in [-0.05, 0) is 27.2 Å². The van der Waals surface area contributed by atoms with Gasteiger partial charge in [0.15, 0.2) is 0 Å². The van der Waals surface area contributed by atoms with Gasteiger partial charge in [0.1, 0.15) is 12.1 Å². The van der Waals surface area contributed by atoms with Gasteiger partial charge in [-0.25, -0.2) is 9.48 Å². The van der Waals surface area contributed by atoms with Crippen molar-refractivity contribution in [2.24, 2.45) is 0 Å². The summed E-state index contributed by atoms with van der Waals surface area (Å²) in [5.74, 6) is -1.18. The minimum Gasteiger partial charge on any atom is -0.444 e. The molecule has 1 aromatic rings. The van der Waals surface area contributed by atoms with Gasteiger partial charge in [-0.1, -0.05) is 0 Å². The third-order valence-electron chi connectivity index (χ3n) is 3.79. The van der Waals surface area contributed by atoms with E-state index in [1.165, 1.54) is 4.90 Å². The fourth-order valence-electron chi connectivity index (χ4n) is 2.61. The van der Waals surface area contributed by atoms with Gasteiger partial charge in [-0.2, -0.15) is 39.9 Å². The Morgan fingerprint density at radius 3 is 2.13 bits per heavy atom. The number of nitrogens with zero attached hydrogens (tertiary/aromatic N) is 3. The van der Waals surface area contributed by atoms with Gasteiger partial charge in [0, 0.05) is 25.1 Å². The van der Waals surface area contributed by atoms with Gasteiger partial charge in [-0.15, -0.1) is 0 Å². The van der Waals surface area contributed by atoms with Crippen molar-refractivity contribution in [1.29, 1.82) is 0 Å². The Hall–Kier alpha value is -2.19. The lowest BCUT2D eigenvalue weighted by Crippen LogP contribution is -2.38. The number of fused-ring (bicyclic) bond motifs is 1. The predicted octanol–water partition coefficient (Wildman–Crippen LogP) is 3.01. The van der Waals surface area contributed by atoms with Gasteiger partial charge in [0.2, 0.25) is 5.88 Å². The number of carbonyl (C=O) groups excluding carboxylic acids is 1. The second kappa shape index (κ2) is 7.81. The van der Waals surface area contributed by atoms with Crippen molar-refractivity contribution in [3.63, 3.8) is 0 Å². The standard InChI is InChI=1S/C15H19F6N3O5S/c1-13(2,3)28-12(25)23-6-4-9-10(5-7-23)22-24(8-14(16,17)18)11(9)29-30(26,27)15(19,20)21/h4-8H2,1-3H3. The van der Waals surface area contributed by atoms with E-state index in [0.29, 0.717) is 0 Å². The smallest absolute Gasteiger partial charge is 0.444 e. The van der Waals surface area contributed by atoms with Gasteiger partial charge in [0.25, 0.3) is 0 Å². The van der Waals surface area contributed by atoms with E-state index < -0.39 is 45.9 Å². The summed E-state index contributed by atoms with van der Waals surface area (Å²) in [5, 5.41) is 3.59. The number of aromatic nitrogens is 2. The molecule has 0 spiro atoms. The quantitative estimate of drug-likeness (QED) is 0.386. The van der Waals surface area contributed by atoms with Crippen molar-refractivity contribution in [2.45, 2.75) is 57.4 Å². The molecule has 1 aromatic heterocycles. The Morgan fingerprint density at radius 2 is 1.63 bits per heavy atom. The average Bonchev–Trinajstić information content (AvgIpc) is 2.68. The predicted molar refractivity (Wildman–Crippen MR) is 89.1 cm³/mol. The first kappa shape index (κ1) is 24.1. The van der Waals surface area contributed by atoms with Crippen LogP contribution in [0.3, 0.4) is 0 Å². The molecular formula is C15H19F6N3O5S. The maximum Gasteiger partial charge on any atom is 0.534 e. The van der Waals surface area contributed by atoms with Gasteiger partial charge in [0.05, 0.1) is 5.69 Å². The van der Waals surface area contributed by atoms with E-state index in [4.69, 9.17) is 4.74 Å². The molecule has 2 heterocycles. The van der Waals surface area contributed by atoms with E-state index in [2.05, 4.69) is 9.28 Å². The average molecular weight is 467 g/mol. The summed E-state index contributed by atoms with van der Waals surface area (Å²) in [6, 6.07) is 0. The fraction of sp³-hybridized carbons (Fsp3) is 0.733. The van der Waals surface area contributed by atoms with Crippen molar-refractivity contribution < 1.29 is 48.5 Å². The van der Waals surface area contributed by atoms with E-state index in [1.54, 1.807) is 20.8 Å². The fourth-order valence-corrected chi connectivity index (χ4v) is 3.10. The topological polar surface area (TPSA) is 90.7 Å². The van der Waals surface area contributed by atoms with E-state index in [9.17, 15) is 39.6 Å². The number of hydrogen-bond acceptors (Lipinski definition) is 6. The highest BCUT2D eigenvalue weighted by molar-refractivity contribution is 7.87. The minimum atomic E-state index is -6.23. The van der Waals surface area contributed by atoms with Crippen molar-refractivity contribution >= 4 is 16.2 Å². The molecule has 0 radical (unpaired) electrons. The maximum atomic E-state index is 12.8. The van der Waals surface area contributed by atoms with Crippen molar-refractivity contribution in [1.82, 2.24) is 14.7 Å². The lowest BCUT2D eigenvalue weighted by molar-refractivity contribution is -0.143. The Balaban J connectivity index is 2.37. The summed E-state index contributed by atoms with van der Waals surface area (Å²) in [6.45, 7) is 2.81. The molecule has 1 aliphatic heterocycles. The summed E-state index contributed by atoms with van der Waals surface area (Å²) in [7, 11) is -6.23.